The Morgan fingerprint density at radius 2 is 2.00 bits per heavy atom. The van der Waals surface area contributed by atoms with Crippen LogP contribution in [-0.2, 0) is 9.84 Å². The monoisotopic (exact) mass is 260 g/mol. The second-order valence-electron chi connectivity index (χ2n) is 3.47. The smallest absolute Gasteiger partial charge is 0.186 e. The Kier molecular flexibility index (Phi) is 4.36. The van der Waals surface area contributed by atoms with Gasteiger partial charge in [-0.25, -0.2) is 12.8 Å². The van der Waals surface area contributed by atoms with E-state index in [1.54, 1.807) is 0 Å². The number of carbonyl (C=O) groups is 1. The molecule has 0 heterocycles. The van der Waals surface area contributed by atoms with E-state index in [1.165, 1.54) is 25.1 Å². The maximum Gasteiger partial charge on any atom is 0.186 e. The highest BCUT2D eigenvalue weighted by molar-refractivity contribution is 7.92. The lowest BCUT2D eigenvalue weighted by Gasteiger charge is -2.13. The number of carbonyl (C=O) groups excluding carboxylic acids is 1. The summed E-state index contributed by atoms with van der Waals surface area (Å²) >= 11 is 0. The van der Waals surface area contributed by atoms with Crippen LogP contribution in [-0.4, -0.2) is 36.9 Å². The second kappa shape index (κ2) is 5.37. The Bertz CT molecular complexity index is 510. The normalized spacial score (nSPS) is 13.4. The van der Waals surface area contributed by atoms with Gasteiger partial charge >= 0.3 is 0 Å². The molecule has 0 saturated carbocycles. The minimum absolute atomic E-state index is 0.279. The van der Waals surface area contributed by atoms with Gasteiger partial charge in [0.1, 0.15) is 11.1 Å². The number of aliphatic hydroxyl groups is 1. The van der Waals surface area contributed by atoms with Crippen molar-refractivity contribution in [3.8, 4) is 0 Å². The van der Waals surface area contributed by atoms with E-state index in [0.29, 0.717) is 0 Å². The van der Waals surface area contributed by atoms with Crippen LogP contribution in [0, 0.1) is 5.82 Å². The van der Waals surface area contributed by atoms with E-state index < -0.39 is 33.3 Å². The molecule has 1 atom stereocenters. The third-order valence-corrected chi connectivity index (χ3v) is 4.47. The van der Waals surface area contributed by atoms with Crippen LogP contribution >= 0.6 is 0 Å². The van der Waals surface area contributed by atoms with Gasteiger partial charge in [0.15, 0.2) is 15.6 Å². The van der Waals surface area contributed by atoms with Gasteiger partial charge in [-0.1, -0.05) is 19.1 Å². The molecule has 0 aliphatic carbocycles. The molecule has 0 saturated heterocycles. The summed E-state index contributed by atoms with van der Waals surface area (Å²) in [5.74, 6) is -1.98. The summed E-state index contributed by atoms with van der Waals surface area (Å²) in [6.45, 7) is 0.524. The molecule has 1 aromatic carbocycles. The average molecular weight is 260 g/mol. The van der Waals surface area contributed by atoms with Crippen LogP contribution < -0.4 is 0 Å². The largest absolute Gasteiger partial charge is 0.395 e. The van der Waals surface area contributed by atoms with Crippen molar-refractivity contribution in [2.24, 2.45) is 0 Å². The molecule has 0 fully saturated rings. The van der Waals surface area contributed by atoms with Crippen LogP contribution in [0.3, 0.4) is 0 Å². The van der Waals surface area contributed by atoms with Crippen LogP contribution in [0.1, 0.15) is 17.3 Å². The number of halogens is 1. The fourth-order valence-corrected chi connectivity index (χ4v) is 2.48. The van der Waals surface area contributed by atoms with Crippen LogP contribution in [0.2, 0.25) is 0 Å². The minimum atomic E-state index is -3.74. The van der Waals surface area contributed by atoms with Gasteiger partial charge in [0.2, 0.25) is 0 Å². The molecule has 0 amide bonds. The van der Waals surface area contributed by atoms with Crippen LogP contribution in [0.4, 0.5) is 4.39 Å². The molecule has 1 N–H and O–H groups in total. The van der Waals surface area contributed by atoms with Gasteiger partial charge in [0.05, 0.1) is 12.2 Å². The molecule has 0 aromatic heterocycles. The van der Waals surface area contributed by atoms with Crippen molar-refractivity contribution in [3.63, 3.8) is 0 Å². The SMILES string of the molecule is CCS(=O)(=O)C(CO)C(=O)c1ccccc1F. The van der Waals surface area contributed by atoms with E-state index in [2.05, 4.69) is 0 Å². The summed E-state index contributed by atoms with van der Waals surface area (Å²) in [5, 5.41) is 7.40. The molecule has 94 valence electrons. The summed E-state index contributed by atoms with van der Waals surface area (Å²) in [6, 6.07) is 5.10. The fraction of sp³-hybridized carbons (Fsp3) is 0.364. The van der Waals surface area contributed by atoms with Crippen molar-refractivity contribution < 1.29 is 22.7 Å². The van der Waals surface area contributed by atoms with Crippen molar-refractivity contribution in [3.05, 3.63) is 35.6 Å². The number of sulfone groups is 1. The van der Waals surface area contributed by atoms with Gasteiger partial charge in [-0.05, 0) is 12.1 Å². The summed E-state index contributed by atoms with van der Waals surface area (Å²) < 4.78 is 36.4. The number of hydrogen-bond donors (Lipinski definition) is 1. The first-order valence-electron chi connectivity index (χ1n) is 5.05. The quantitative estimate of drug-likeness (QED) is 0.795. The van der Waals surface area contributed by atoms with Gasteiger partial charge in [0, 0.05) is 5.75 Å². The zero-order valence-electron chi connectivity index (χ0n) is 9.26. The van der Waals surface area contributed by atoms with Gasteiger partial charge < -0.3 is 5.11 Å². The Hall–Kier alpha value is -1.27. The number of aliphatic hydroxyl groups excluding tert-OH is 1. The standard InChI is InChI=1S/C11H13FO4S/c1-2-17(15,16)10(7-13)11(14)8-5-3-4-6-9(8)12/h3-6,10,13H,2,7H2,1H3. The topological polar surface area (TPSA) is 71.4 Å². The Labute approximate surface area is 99.0 Å². The van der Waals surface area contributed by atoms with Crippen molar-refractivity contribution in [2.45, 2.75) is 12.2 Å². The molecule has 0 aliphatic heterocycles. The average Bonchev–Trinajstić information content (AvgIpc) is 2.30. The number of benzene rings is 1. The molecule has 4 nitrogen and oxygen atoms in total. The first-order valence-corrected chi connectivity index (χ1v) is 6.76. The molecule has 0 radical (unpaired) electrons. The predicted octanol–water partition coefficient (Wildman–Crippen LogP) is 0.804. The molecule has 6 heteroatoms. The van der Waals surface area contributed by atoms with Gasteiger partial charge in [0.25, 0.3) is 0 Å². The van der Waals surface area contributed by atoms with E-state index in [4.69, 9.17) is 5.11 Å². The maximum atomic E-state index is 13.3. The van der Waals surface area contributed by atoms with E-state index in [1.807, 2.05) is 0 Å². The lowest BCUT2D eigenvalue weighted by atomic mass is 10.1. The van der Waals surface area contributed by atoms with Crippen molar-refractivity contribution in [2.75, 3.05) is 12.4 Å². The highest BCUT2D eigenvalue weighted by atomic mass is 32.2. The van der Waals surface area contributed by atoms with E-state index in [9.17, 15) is 17.6 Å². The molecule has 1 aromatic rings. The highest BCUT2D eigenvalue weighted by Crippen LogP contribution is 2.14. The molecule has 0 spiro atoms. The van der Waals surface area contributed by atoms with Crippen LogP contribution in [0.5, 0.6) is 0 Å². The van der Waals surface area contributed by atoms with Gasteiger partial charge in [-0.2, -0.15) is 0 Å². The van der Waals surface area contributed by atoms with E-state index in [0.717, 1.165) is 6.07 Å². The number of Topliss-reactive ketones (excluding diaryl/α,β-unsaturated/α-hetero) is 1. The maximum absolute atomic E-state index is 13.3. The first kappa shape index (κ1) is 13.8. The molecule has 1 rings (SSSR count). The third-order valence-electron chi connectivity index (χ3n) is 2.43. The first-order chi connectivity index (χ1) is 7.94. The number of rotatable bonds is 5. The Balaban J connectivity index is 3.16. The van der Waals surface area contributed by atoms with E-state index in [-0.39, 0.29) is 11.3 Å². The van der Waals surface area contributed by atoms with E-state index >= 15 is 0 Å². The van der Waals surface area contributed by atoms with Crippen LogP contribution in [0.15, 0.2) is 24.3 Å². The molecule has 17 heavy (non-hydrogen) atoms. The van der Waals surface area contributed by atoms with Crippen LogP contribution in [0.25, 0.3) is 0 Å². The molecular formula is C11H13FO4S. The van der Waals surface area contributed by atoms with Gasteiger partial charge in [-0.3, -0.25) is 4.79 Å². The zero-order valence-corrected chi connectivity index (χ0v) is 10.1. The summed E-state index contributed by atoms with van der Waals surface area (Å²) in [7, 11) is -3.74. The summed E-state index contributed by atoms with van der Waals surface area (Å²) in [5.41, 5.74) is -0.316. The fourth-order valence-electron chi connectivity index (χ4n) is 1.40. The van der Waals surface area contributed by atoms with Crippen molar-refractivity contribution in [1.82, 2.24) is 0 Å². The molecular weight excluding hydrogens is 247 g/mol. The second-order valence-corrected chi connectivity index (χ2v) is 5.94. The number of ketones is 1. The Morgan fingerprint density at radius 1 is 1.41 bits per heavy atom. The third kappa shape index (κ3) is 2.89. The highest BCUT2D eigenvalue weighted by Gasteiger charge is 2.32. The predicted molar refractivity (Wildman–Crippen MR) is 61.1 cm³/mol. The molecule has 1 unspecified atom stereocenters. The summed E-state index contributed by atoms with van der Waals surface area (Å²) in [4.78, 5) is 11.8. The minimum Gasteiger partial charge on any atom is -0.395 e. The van der Waals surface area contributed by atoms with Crippen molar-refractivity contribution in [1.29, 1.82) is 0 Å². The summed E-state index contributed by atoms with van der Waals surface area (Å²) in [6.07, 6.45) is 0. The Morgan fingerprint density at radius 3 is 2.47 bits per heavy atom. The zero-order chi connectivity index (χ0) is 13.1. The lowest BCUT2D eigenvalue weighted by Crippen LogP contribution is -2.35. The van der Waals surface area contributed by atoms with Crippen molar-refractivity contribution >= 4 is 15.6 Å². The lowest BCUT2D eigenvalue weighted by molar-refractivity contribution is 0.0957. The van der Waals surface area contributed by atoms with Gasteiger partial charge in [-0.15, -0.1) is 0 Å². The molecule has 0 bridgehead atoms. The molecule has 0 aliphatic rings. The number of hydrogen-bond acceptors (Lipinski definition) is 4.